The van der Waals surface area contributed by atoms with E-state index < -0.39 is 0 Å². The monoisotopic (exact) mass is 412 g/mol. The number of thioether (sulfide) groups is 1. The molecule has 1 unspecified atom stereocenters. The number of carbonyl (C=O) groups is 1. The van der Waals surface area contributed by atoms with Crippen molar-refractivity contribution in [1.29, 1.82) is 0 Å². The average Bonchev–Trinajstić information content (AvgIpc) is 3.13. The lowest BCUT2D eigenvalue weighted by atomic mass is 10.1. The SMILES string of the molecule is COc1ccc(OC)c(C(C)NC(=O)CSc2nc(-c3ccccc3)cn2N)c1. The first-order chi connectivity index (χ1) is 14.0. The quantitative estimate of drug-likeness (QED) is 0.436. The minimum absolute atomic E-state index is 0.128. The highest BCUT2D eigenvalue weighted by atomic mass is 32.2. The van der Waals surface area contributed by atoms with Gasteiger partial charge in [-0.15, -0.1) is 0 Å². The van der Waals surface area contributed by atoms with Crippen molar-refractivity contribution in [2.75, 3.05) is 25.8 Å². The Labute approximate surface area is 174 Å². The van der Waals surface area contributed by atoms with Crippen LogP contribution in [0.15, 0.2) is 59.9 Å². The number of nitrogens with zero attached hydrogens (tertiary/aromatic N) is 2. The van der Waals surface area contributed by atoms with E-state index in [0.717, 1.165) is 16.8 Å². The number of nitrogens with one attached hydrogen (secondary N) is 1. The zero-order valence-corrected chi connectivity index (χ0v) is 17.4. The van der Waals surface area contributed by atoms with Crippen LogP contribution in [0, 0.1) is 0 Å². The number of aromatic nitrogens is 2. The highest BCUT2D eigenvalue weighted by molar-refractivity contribution is 7.99. The standard InChI is InChI=1S/C21H24N4O3S/c1-14(17-11-16(27-2)9-10-19(17)28-3)23-20(26)13-29-21-24-18(12-25(21)22)15-7-5-4-6-8-15/h4-12,14H,13,22H2,1-3H3,(H,23,26). The molecule has 0 saturated carbocycles. The van der Waals surface area contributed by atoms with E-state index in [1.54, 1.807) is 20.4 Å². The molecule has 29 heavy (non-hydrogen) atoms. The second-order valence-corrected chi connectivity index (χ2v) is 7.31. The van der Waals surface area contributed by atoms with Crippen LogP contribution in [0.25, 0.3) is 11.3 Å². The zero-order valence-electron chi connectivity index (χ0n) is 16.6. The molecular weight excluding hydrogens is 388 g/mol. The van der Waals surface area contributed by atoms with Crippen molar-refractivity contribution in [1.82, 2.24) is 15.0 Å². The summed E-state index contributed by atoms with van der Waals surface area (Å²) in [6, 6.07) is 15.0. The summed E-state index contributed by atoms with van der Waals surface area (Å²) in [5, 5.41) is 3.55. The Morgan fingerprint density at radius 1 is 1.21 bits per heavy atom. The second-order valence-electron chi connectivity index (χ2n) is 6.37. The Bertz CT molecular complexity index is 975. The van der Waals surface area contributed by atoms with Crippen molar-refractivity contribution >= 4 is 17.7 Å². The van der Waals surface area contributed by atoms with Gasteiger partial charge in [0.2, 0.25) is 5.91 Å². The molecule has 0 aliphatic carbocycles. The molecule has 3 aromatic rings. The van der Waals surface area contributed by atoms with Crippen LogP contribution < -0.4 is 20.6 Å². The number of rotatable bonds is 8. The van der Waals surface area contributed by atoms with Crippen LogP contribution in [-0.4, -0.2) is 35.5 Å². The second kappa shape index (κ2) is 9.38. The minimum Gasteiger partial charge on any atom is -0.497 e. The molecule has 152 valence electrons. The molecule has 0 aliphatic heterocycles. The molecule has 0 aliphatic rings. The topological polar surface area (TPSA) is 91.4 Å². The molecular formula is C21H24N4O3S. The largest absolute Gasteiger partial charge is 0.497 e. The molecule has 1 aromatic heterocycles. The Morgan fingerprint density at radius 3 is 2.66 bits per heavy atom. The number of ether oxygens (including phenoxy) is 2. The van der Waals surface area contributed by atoms with Crippen LogP contribution in [0.5, 0.6) is 11.5 Å². The fraction of sp³-hybridized carbons (Fsp3) is 0.238. The molecule has 0 bridgehead atoms. The van der Waals surface area contributed by atoms with Crippen molar-refractivity contribution in [3.8, 4) is 22.8 Å². The number of hydrogen-bond acceptors (Lipinski definition) is 6. The zero-order chi connectivity index (χ0) is 20.8. The highest BCUT2D eigenvalue weighted by Crippen LogP contribution is 2.29. The Hall–Kier alpha value is -3.13. The van der Waals surface area contributed by atoms with Crippen molar-refractivity contribution in [3.05, 3.63) is 60.3 Å². The van der Waals surface area contributed by atoms with Crippen molar-refractivity contribution in [3.63, 3.8) is 0 Å². The fourth-order valence-corrected chi connectivity index (χ4v) is 3.61. The summed E-state index contributed by atoms with van der Waals surface area (Å²) >= 11 is 1.28. The molecule has 0 spiro atoms. The molecule has 0 fully saturated rings. The lowest BCUT2D eigenvalue weighted by Gasteiger charge is -2.18. The van der Waals surface area contributed by atoms with E-state index in [9.17, 15) is 4.79 Å². The molecule has 3 rings (SSSR count). The van der Waals surface area contributed by atoms with Crippen LogP contribution in [0.3, 0.4) is 0 Å². The highest BCUT2D eigenvalue weighted by Gasteiger charge is 2.16. The number of imidazole rings is 1. The van der Waals surface area contributed by atoms with Gasteiger partial charge < -0.3 is 20.6 Å². The van der Waals surface area contributed by atoms with Crippen molar-refractivity contribution in [2.24, 2.45) is 0 Å². The molecule has 1 amide bonds. The number of amides is 1. The van der Waals surface area contributed by atoms with Crippen LogP contribution in [0.1, 0.15) is 18.5 Å². The predicted octanol–water partition coefficient (Wildman–Crippen LogP) is 3.25. The maximum Gasteiger partial charge on any atom is 0.230 e. The first-order valence-corrected chi connectivity index (χ1v) is 10.0. The van der Waals surface area contributed by atoms with Gasteiger partial charge in [-0.05, 0) is 25.1 Å². The van der Waals surface area contributed by atoms with Gasteiger partial charge in [0.15, 0.2) is 5.16 Å². The summed E-state index contributed by atoms with van der Waals surface area (Å²) in [6.45, 7) is 1.90. The summed E-state index contributed by atoms with van der Waals surface area (Å²) in [6.07, 6.45) is 1.75. The van der Waals surface area contributed by atoms with E-state index >= 15 is 0 Å². The summed E-state index contributed by atoms with van der Waals surface area (Å²) in [4.78, 5) is 17.0. The van der Waals surface area contributed by atoms with Gasteiger partial charge in [0.1, 0.15) is 11.5 Å². The van der Waals surface area contributed by atoms with Gasteiger partial charge in [-0.1, -0.05) is 42.1 Å². The van der Waals surface area contributed by atoms with Crippen molar-refractivity contribution < 1.29 is 14.3 Å². The summed E-state index contributed by atoms with van der Waals surface area (Å²) in [7, 11) is 3.20. The number of benzene rings is 2. The van der Waals surface area contributed by atoms with Gasteiger partial charge >= 0.3 is 0 Å². The van der Waals surface area contributed by atoms with Gasteiger partial charge in [0, 0.05) is 11.1 Å². The van der Waals surface area contributed by atoms with E-state index in [0.29, 0.717) is 16.7 Å². The maximum atomic E-state index is 12.5. The van der Waals surface area contributed by atoms with Gasteiger partial charge in [0.05, 0.1) is 37.9 Å². The molecule has 0 radical (unpaired) electrons. The lowest BCUT2D eigenvalue weighted by Crippen LogP contribution is -2.28. The average molecular weight is 413 g/mol. The Morgan fingerprint density at radius 2 is 1.97 bits per heavy atom. The molecule has 3 N–H and O–H groups in total. The number of methoxy groups -OCH3 is 2. The van der Waals surface area contributed by atoms with Gasteiger partial charge in [0.25, 0.3) is 0 Å². The fourth-order valence-electron chi connectivity index (χ4n) is 2.90. The Kier molecular flexibility index (Phi) is 6.66. The van der Waals surface area contributed by atoms with Crippen molar-refractivity contribution in [2.45, 2.75) is 18.1 Å². The number of nitrogen functional groups attached to an aromatic ring is 1. The third kappa shape index (κ3) is 5.03. The van der Waals surface area contributed by atoms with Gasteiger partial charge in [-0.2, -0.15) is 0 Å². The minimum atomic E-state index is -0.245. The first kappa shape index (κ1) is 20.6. The molecule has 1 atom stereocenters. The predicted molar refractivity (Wildman–Crippen MR) is 115 cm³/mol. The van der Waals surface area contributed by atoms with E-state index in [1.807, 2.05) is 55.5 Å². The van der Waals surface area contributed by atoms with Gasteiger partial charge in [-0.25, -0.2) is 9.66 Å². The van der Waals surface area contributed by atoms with Crippen LogP contribution in [0.2, 0.25) is 0 Å². The molecule has 0 saturated heterocycles. The smallest absolute Gasteiger partial charge is 0.230 e. The third-order valence-corrected chi connectivity index (χ3v) is 5.35. The number of nitrogens with two attached hydrogens (primary N) is 1. The molecule has 1 heterocycles. The van der Waals surface area contributed by atoms with Crippen LogP contribution in [0.4, 0.5) is 0 Å². The normalized spacial score (nSPS) is 11.7. The number of hydrogen-bond donors (Lipinski definition) is 2. The summed E-state index contributed by atoms with van der Waals surface area (Å²) in [5.41, 5.74) is 2.59. The Balaban J connectivity index is 1.63. The summed E-state index contributed by atoms with van der Waals surface area (Å²) in [5.74, 6) is 7.46. The van der Waals surface area contributed by atoms with Gasteiger partial charge in [-0.3, -0.25) is 4.79 Å². The van der Waals surface area contributed by atoms with E-state index in [1.165, 1.54) is 16.4 Å². The third-order valence-electron chi connectivity index (χ3n) is 4.38. The molecule has 8 heteroatoms. The lowest BCUT2D eigenvalue weighted by molar-refractivity contribution is -0.119. The van der Waals surface area contributed by atoms with Crippen LogP contribution >= 0.6 is 11.8 Å². The first-order valence-electron chi connectivity index (χ1n) is 9.05. The molecule has 7 nitrogen and oxygen atoms in total. The number of carbonyl (C=O) groups excluding carboxylic acids is 1. The van der Waals surface area contributed by atoms with E-state index in [4.69, 9.17) is 15.3 Å². The van der Waals surface area contributed by atoms with Crippen LogP contribution in [-0.2, 0) is 4.79 Å². The summed E-state index contributed by atoms with van der Waals surface area (Å²) < 4.78 is 12.1. The van der Waals surface area contributed by atoms with E-state index in [2.05, 4.69) is 10.3 Å². The molecule has 2 aromatic carbocycles. The van der Waals surface area contributed by atoms with E-state index in [-0.39, 0.29) is 17.7 Å². The maximum absolute atomic E-state index is 12.5.